The van der Waals surface area contributed by atoms with Crippen molar-refractivity contribution in [2.45, 2.75) is 37.0 Å². The second-order valence-corrected chi connectivity index (χ2v) is 26.9. The smallest absolute Gasteiger partial charge is 0.143 e. The number of nitrogens with zero attached hydrogens (tertiary/aromatic N) is 1. The highest BCUT2D eigenvalue weighted by molar-refractivity contribution is 6.20. The van der Waals surface area contributed by atoms with Gasteiger partial charge < -0.3 is 13.7 Å². The first kappa shape index (κ1) is 51.2. The van der Waals surface area contributed by atoms with Gasteiger partial charge in [-0.2, -0.15) is 0 Å². The van der Waals surface area contributed by atoms with Crippen molar-refractivity contribution < 1.29 is 8.83 Å². The molecular weight excluding hydrogens is 1130 g/mol. The lowest BCUT2D eigenvalue weighted by molar-refractivity contribution is 0.657. The van der Waals surface area contributed by atoms with Gasteiger partial charge in [-0.1, -0.05) is 232 Å². The Morgan fingerprint density at radius 3 is 1.44 bits per heavy atom. The number of furan rings is 2. The zero-order valence-electron chi connectivity index (χ0n) is 51.5. The highest BCUT2D eigenvalue weighted by Crippen LogP contribution is 2.70. The Hall–Kier alpha value is -11.5. The van der Waals surface area contributed by atoms with E-state index in [1.165, 1.54) is 139 Å². The van der Waals surface area contributed by atoms with E-state index in [2.05, 4.69) is 317 Å². The molecule has 5 aliphatic rings. The van der Waals surface area contributed by atoms with Crippen molar-refractivity contribution in [3.8, 4) is 77.9 Å². The molecule has 434 valence electrons. The topological polar surface area (TPSA) is 29.5 Å². The molecule has 0 saturated carbocycles. The van der Waals surface area contributed by atoms with Crippen LogP contribution in [0.4, 0.5) is 17.1 Å². The van der Waals surface area contributed by atoms with Crippen LogP contribution in [0, 0.1) is 6.92 Å². The van der Waals surface area contributed by atoms with Crippen molar-refractivity contribution in [2.75, 3.05) is 4.90 Å². The van der Waals surface area contributed by atoms with E-state index in [1.807, 2.05) is 0 Å². The van der Waals surface area contributed by atoms with E-state index in [-0.39, 0.29) is 5.41 Å². The average molecular weight is 1180 g/mol. The van der Waals surface area contributed by atoms with Gasteiger partial charge >= 0.3 is 0 Å². The lowest BCUT2D eigenvalue weighted by Crippen LogP contribution is -2.27. The lowest BCUT2D eigenvalue weighted by Gasteiger charge is -2.33. The molecule has 0 aliphatic heterocycles. The summed E-state index contributed by atoms with van der Waals surface area (Å²) >= 11 is 0. The van der Waals surface area contributed by atoms with Gasteiger partial charge in [-0.3, -0.25) is 0 Å². The molecule has 21 rings (SSSR count). The maximum atomic E-state index is 7.03. The van der Waals surface area contributed by atoms with Crippen molar-refractivity contribution in [3.63, 3.8) is 0 Å². The highest BCUT2D eigenvalue weighted by Gasteiger charge is 2.57. The minimum absolute atomic E-state index is 0.387. The van der Waals surface area contributed by atoms with Gasteiger partial charge in [-0.05, 0) is 213 Å². The largest absolute Gasteiger partial charge is 0.456 e. The molecule has 0 bridgehead atoms. The first-order valence-corrected chi connectivity index (χ1v) is 32.6. The predicted octanol–water partition coefficient (Wildman–Crippen LogP) is 23.6. The number of aryl methyl sites for hydroxylation is 1. The molecule has 5 aliphatic carbocycles. The second kappa shape index (κ2) is 18.1. The van der Waals surface area contributed by atoms with Crippen LogP contribution in [0.25, 0.3) is 122 Å². The van der Waals surface area contributed by atoms with Gasteiger partial charge in [0.15, 0.2) is 0 Å². The van der Waals surface area contributed by atoms with Crippen molar-refractivity contribution in [1.29, 1.82) is 0 Å². The number of hydrogen-bond donors (Lipinski definition) is 0. The number of hydrogen-bond acceptors (Lipinski definition) is 3. The summed E-state index contributed by atoms with van der Waals surface area (Å²) in [4.78, 5) is 2.54. The van der Waals surface area contributed by atoms with E-state index in [4.69, 9.17) is 8.83 Å². The molecule has 93 heavy (non-hydrogen) atoms. The molecule has 3 heteroatoms. The summed E-state index contributed by atoms with van der Waals surface area (Å²) in [5.74, 6) is 0. The predicted molar refractivity (Wildman–Crippen MR) is 381 cm³/mol. The van der Waals surface area contributed by atoms with Crippen molar-refractivity contribution in [3.05, 3.63) is 352 Å². The van der Waals surface area contributed by atoms with Crippen molar-refractivity contribution >= 4 is 60.9 Å². The number of anilines is 3. The maximum Gasteiger partial charge on any atom is 0.143 e. The SMILES string of the molecule is Cc1ccccc1N(c1ccc2c(c1)C(C)(C)c1cc(-c3cccc(-c4ccccc4)c3)c3oc4ccccc4c3c1-2)c1ccc2c(c1)C1(c3ccccc3-c3ccccc31)c1cc3c(cc1-2)C1(c2ccccc2-c2ccccc21)c1ccc2oc4ccccc4c2c1-3. The first-order valence-electron chi connectivity index (χ1n) is 32.6. The first-order chi connectivity index (χ1) is 45.8. The Balaban J connectivity index is 0.808. The molecule has 0 atom stereocenters. The molecule has 2 heterocycles. The summed E-state index contributed by atoms with van der Waals surface area (Å²) in [6.45, 7) is 7.10. The Labute approximate surface area is 538 Å². The van der Waals surface area contributed by atoms with Crippen molar-refractivity contribution in [1.82, 2.24) is 0 Å². The van der Waals surface area contributed by atoms with E-state index in [1.54, 1.807) is 0 Å². The molecule has 0 radical (unpaired) electrons. The van der Waals surface area contributed by atoms with Crippen LogP contribution in [0.2, 0.25) is 0 Å². The average Bonchev–Trinajstić information content (AvgIpc) is 1.49. The van der Waals surface area contributed by atoms with Gasteiger partial charge in [0.25, 0.3) is 0 Å². The summed E-state index contributed by atoms with van der Waals surface area (Å²) in [6.07, 6.45) is 0. The van der Waals surface area contributed by atoms with Crippen LogP contribution < -0.4 is 4.90 Å². The molecule has 0 saturated heterocycles. The van der Waals surface area contributed by atoms with Crippen LogP contribution in [0.3, 0.4) is 0 Å². The third kappa shape index (κ3) is 6.39. The highest BCUT2D eigenvalue weighted by atomic mass is 16.3. The van der Waals surface area contributed by atoms with Gasteiger partial charge in [0.1, 0.15) is 22.3 Å². The summed E-state index contributed by atoms with van der Waals surface area (Å²) < 4.78 is 13.9. The molecular formula is C90H57NO2. The quantitative estimate of drug-likeness (QED) is 0.172. The Morgan fingerprint density at radius 2 is 0.763 bits per heavy atom. The minimum Gasteiger partial charge on any atom is -0.456 e. The summed E-state index contributed by atoms with van der Waals surface area (Å²) in [5.41, 5.74) is 36.9. The molecule has 14 aromatic carbocycles. The number of benzene rings is 14. The molecule has 0 N–H and O–H groups in total. The Kier molecular flexibility index (Phi) is 9.99. The summed E-state index contributed by atoms with van der Waals surface area (Å²) in [7, 11) is 0. The fourth-order valence-corrected chi connectivity index (χ4v) is 18.4. The number of para-hydroxylation sites is 3. The Morgan fingerprint density at radius 1 is 0.280 bits per heavy atom. The fourth-order valence-electron chi connectivity index (χ4n) is 18.4. The van der Waals surface area contributed by atoms with Crippen LogP contribution in [0.1, 0.15) is 75.0 Å². The zero-order chi connectivity index (χ0) is 61.2. The lowest BCUT2D eigenvalue weighted by atomic mass is 9.68. The standard InChI is InChI=1S/C90H57NO2/c1-52-22-7-18-37-79(52)91(56-41-43-63-74(47-56)88(2,3)78-49-66(55-26-21-25-54(46-55)53-23-5-4-6-24-53)87-86(83(63)78)65-32-13-20-39-81(65)93-87)57-40-42-62-67-50-77-68(51-76(67)90(75(62)48-57)71-35-16-10-29-60(71)61-30-11-17-36-72(61)90)84-73(44-45-82-85(84)64-31-12-19-38-80(64)92-82)89(77)69-33-14-8-27-58(69)59-28-9-15-34-70(59)89/h4-51H,1-3H3. The van der Waals surface area contributed by atoms with E-state index < -0.39 is 10.8 Å². The molecule has 2 spiro atoms. The molecule has 0 unspecified atom stereocenters. The molecule has 2 aromatic heterocycles. The van der Waals surface area contributed by atoms with Crippen LogP contribution in [0.15, 0.2) is 300 Å². The number of fused-ring (bicyclic) bond motifs is 31. The van der Waals surface area contributed by atoms with Crippen LogP contribution in [-0.2, 0) is 16.2 Å². The van der Waals surface area contributed by atoms with E-state index >= 15 is 0 Å². The van der Waals surface area contributed by atoms with Gasteiger partial charge in [-0.15, -0.1) is 0 Å². The van der Waals surface area contributed by atoms with Crippen LogP contribution in [0.5, 0.6) is 0 Å². The molecule has 0 amide bonds. The van der Waals surface area contributed by atoms with Gasteiger partial charge in [0.05, 0.1) is 10.8 Å². The normalized spacial score (nSPS) is 14.7. The van der Waals surface area contributed by atoms with Crippen molar-refractivity contribution in [2.24, 2.45) is 0 Å². The summed E-state index contributed by atoms with van der Waals surface area (Å²) in [6, 6.07) is 110. The van der Waals surface area contributed by atoms with E-state index in [0.29, 0.717) is 0 Å². The summed E-state index contributed by atoms with van der Waals surface area (Å²) in [5, 5.41) is 4.61. The molecule has 3 nitrogen and oxygen atoms in total. The zero-order valence-corrected chi connectivity index (χ0v) is 51.5. The van der Waals surface area contributed by atoms with Gasteiger partial charge in [0, 0.05) is 49.6 Å². The fraction of sp³-hybridized carbons (Fsp3) is 0.0667. The van der Waals surface area contributed by atoms with Gasteiger partial charge in [-0.25, -0.2) is 0 Å². The monoisotopic (exact) mass is 1180 g/mol. The minimum atomic E-state index is -0.674. The Bertz CT molecular complexity index is 5920. The maximum absolute atomic E-state index is 7.03. The van der Waals surface area contributed by atoms with Gasteiger partial charge in [0.2, 0.25) is 0 Å². The molecule has 16 aromatic rings. The third-order valence-electron chi connectivity index (χ3n) is 22.2. The second-order valence-electron chi connectivity index (χ2n) is 26.9. The van der Waals surface area contributed by atoms with Crippen LogP contribution >= 0.6 is 0 Å². The number of rotatable bonds is 5. The van der Waals surface area contributed by atoms with E-state index in [9.17, 15) is 0 Å². The van der Waals surface area contributed by atoms with E-state index in [0.717, 1.165) is 61.3 Å². The van der Waals surface area contributed by atoms with Crippen LogP contribution in [-0.4, -0.2) is 0 Å². The third-order valence-corrected chi connectivity index (χ3v) is 22.2. The molecule has 0 fully saturated rings.